The summed E-state index contributed by atoms with van der Waals surface area (Å²) in [7, 11) is 0. The molecule has 3 amide bonds. The Hall–Kier alpha value is -2.13. The van der Waals surface area contributed by atoms with Gasteiger partial charge in [-0.1, -0.05) is 41.7 Å². The van der Waals surface area contributed by atoms with Crippen molar-refractivity contribution in [3.63, 3.8) is 0 Å². The van der Waals surface area contributed by atoms with E-state index in [0.717, 1.165) is 17.1 Å². The highest BCUT2D eigenvalue weighted by Crippen LogP contribution is 2.12. The van der Waals surface area contributed by atoms with Crippen LogP contribution in [0, 0.1) is 0 Å². The molecule has 1 aliphatic rings. The van der Waals surface area contributed by atoms with E-state index in [9.17, 15) is 9.59 Å². The number of nitrogens with zero attached hydrogens (tertiary/aromatic N) is 3. The van der Waals surface area contributed by atoms with Gasteiger partial charge >= 0.3 is 6.03 Å². The van der Waals surface area contributed by atoms with E-state index in [1.165, 1.54) is 11.3 Å². The highest BCUT2D eigenvalue weighted by Gasteiger charge is 2.25. The molecule has 1 fully saturated rings. The monoisotopic (exact) mass is 377 g/mol. The average Bonchev–Trinajstić information content (AvgIpc) is 3.15. The van der Waals surface area contributed by atoms with Gasteiger partial charge in [-0.05, 0) is 5.56 Å². The second-order valence-electron chi connectivity index (χ2n) is 5.52. The Morgan fingerprint density at radius 2 is 1.96 bits per heavy atom. The average molecular weight is 377 g/mol. The molecule has 132 valence electrons. The quantitative estimate of drug-likeness (QED) is 0.830. The lowest BCUT2D eigenvalue weighted by Gasteiger charge is -2.28. The van der Waals surface area contributed by atoms with Crippen LogP contribution >= 0.6 is 23.1 Å². The van der Waals surface area contributed by atoms with Gasteiger partial charge in [0, 0.05) is 31.0 Å². The normalized spacial score (nSPS) is 15.4. The van der Waals surface area contributed by atoms with Crippen molar-refractivity contribution >= 4 is 40.2 Å². The predicted molar refractivity (Wildman–Crippen MR) is 99.9 cm³/mol. The van der Waals surface area contributed by atoms with Gasteiger partial charge in [0.25, 0.3) is 0 Å². The van der Waals surface area contributed by atoms with E-state index in [-0.39, 0.29) is 11.9 Å². The zero-order valence-corrected chi connectivity index (χ0v) is 15.2. The minimum absolute atomic E-state index is 0.200. The first-order valence-corrected chi connectivity index (χ1v) is 10.00. The lowest BCUT2D eigenvalue weighted by molar-refractivity contribution is -0.118. The van der Waals surface area contributed by atoms with Gasteiger partial charge in [0.2, 0.25) is 11.0 Å². The van der Waals surface area contributed by atoms with Crippen LogP contribution in [0.15, 0.2) is 35.8 Å². The van der Waals surface area contributed by atoms with Gasteiger partial charge in [-0.3, -0.25) is 10.1 Å². The summed E-state index contributed by atoms with van der Waals surface area (Å²) in [6.07, 6.45) is 0.416. The molecule has 1 saturated heterocycles. The molecule has 1 aromatic carbocycles. The van der Waals surface area contributed by atoms with E-state index in [0.29, 0.717) is 24.6 Å². The van der Waals surface area contributed by atoms with Gasteiger partial charge in [0.05, 0.1) is 0 Å². The predicted octanol–water partition coefficient (Wildman–Crippen LogP) is 1.85. The van der Waals surface area contributed by atoms with E-state index in [2.05, 4.69) is 20.8 Å². The molecule has 0 bridgehead atoms. The number of amides is 3. The van der Waals surface area contributed by atoms with Crippen LogP contribution in [-0.2, 0) is 11.2 Å². The van der Waals surface area contributed by atoms with Gasteiger partial charge in [-0.2, -0.15) is 11.8 Å². The second-order valence-corrected chi connectivity index (χ2v) is 7.58. The van der Waals surface area contributed by atoms with Gasteiger partial charge in [-0.25, -0.2) is 4.79 Å². The molecule has 9 heteroatoms. The van der Waals surface area contributed by atoms with Crippen molar-refractivity contribution < 1.29 is 9.59 Å². The first-order valence-electron chi connectivity index (χ1n) is 7.96. The molecule has 2 N–H and O–H groups in total. The number of anilines is 1. The Morgan fingerprint density at radius 3 is 2.64 bits per heavy atom. The number of carbonyl (C=O) groups is 2. The second kappa shape index (κ2) is 8.82. The van der Waals surface area contributed by atoms with E-state index in [1.807, 2.05) is 42.1 Å². The Kier molecular flexibility index (Phi) is 6.24. The summed E-state index contributed by atoms with van der Waals surface area (Å²) in [6.45, 7) is 1.40. The maximum Gasteiger partial charge on any atom is 0.318 e. The number of rotatable bonds is 5. The van der Waals surface area contributed by atoms with Crippen molar-refractivity contribution in [3.05, 3.63) is 41.4 Å². The molecule has 1 aliphatic heterocycles. The van der Waals surface area contributed by atoms with Crippen LogP contribution in [0.5, 0.6) is 0 Å². The van der Waals surface area contributed by atoms with Crippen molar-refractivity contribution in [2.24, 2.45) is 0 Å². The molecule has 1 unspecified atom stereocenters. The fraction of sp³-hybridized carbons (Fsp3) is 0.375. The molecule has 1 aromatic heterocycles. The molecule has 0 radical (unpaired) electrons. The Bertz CT molecular complexity index is 690. The van der Waals surface area contributed by atoms with Gasteiger partial charge in [0.15, 0.2) is 0 Å². The number of aromatic nitrogens is 2. The van der Waals surface area contributed by atoms with Crippen molar-refractivity contribution in [2.75, 3.05) is 29.9 Å². The van der Waals surface area contributed by atoms with Crippen LogP contribution in [0.1, 0.15) is 5.56 Å². The number of urea groups is 1. The number of nitrogens with one attached hydrogen (secondary N) is 2. The topological polar surface area (TPSA) is 87.2 Å². The van der Waals surface area contributed by atoms with Crippen LogP contribution in [-0.4, -0.2) is 57.7 Å². The molecule has 2 heterocycles. The summed E-state index contributed by atoms with van der Waals surface area (Å²) >= 11 is 3.07. The smallest absolute Gasteiger partial charge is 0.318 e. The number of carbonyl (C=O) groups excluding carboxylic acids is 2. The van der Waals surface area contributed by atoms with E-state index in [4.69, 9.17) is 0 Å². The summed E-state index contributed by atoms with van der Waals surface area (Å²) in [5, 5.41) is 13.5. The standard InChI is InChI=1S/C16H19N5O2S2/c22-14(19-15-20-17-11-25-15)13(10-12-4-2-1-3-5-12)18-16(23)21-6-8-24-9-7-21/h1-5,11,13H,6-10H2,(H,18,23)(H,19,20,22). The Balaban J connectivity index is 1.68. The molecule has 25 heavy (non-hydrogen) atoms. The maximum atomic E-state index is 12.6. The Morgan fingerprint density at radius 1 is 1.20 bits per heavy atom. The SMILES string of the molecule is O=C(Nc1nncs1)C(Cc1ccccc1)NC(=O)N1CCSCC1. The van der Waals surface area contributed by atoms with Crippen LogP contribution in [0.3, 0.4) is 0 Å². The maximum absolute atomic E-state index is 12.6. The minimum Gasteiger partial charge on any atom is -0.326 e. The molecule has 1 atom stereocenters. The van der Waals surface area contributed by atoms with E-state index < -0.39 is 6.04 Å². The molecular formula is C16H19N5O2S2. The molecule has 2 aromatic rings. The highest BCUT2D eigenvalue weighted by atomic mass is 32.2. The summed E-state index contributed by atoms with van der Waals surface area (Å²) < 4.78 is 0. The fourth-order valence-corrected chi connectivity index (χ4v) is 3.84. The zero-order valence-electron chi connectivity index (χ0n) is 13.6. The van der Waals surface area contributed by atoms with Crippen molar-refractivity contribution in [1.82, 2.24) is 20.4 Å². The lowest BCUT2D eigenvalue weighted by Crippen LogP contribution is -2.52. The molecule has 0 aliphatic carbocycles. The molecule has 0 saturated carbocycles. The van der Waals surface area contributed by atoms with Crippen LogP contribution in [0.2, 0.25) is 0 Å². The number of benzene rings is 1. The molecule has 7 nitrogen and oxygen atoms in total. The van der Waals surface area contributed by atoms with Crippen LogP contribution < -0.4 is 10.6 Å². The van der Waals surface area contributed by atoms with Gasteiger partial charge in [0.1, 0.15) is 11.6 Å². The lowest BCUT2D eigenvalue weighted by atomic mass is 10.1. The number of hydrogen-bond donors (Lipinski definition) is 2. The summed E-state index contributed by atoms with van der Waals surface area (Å²) in [6, 6.07) is 8.76. The van der Waals surface area contributed by atoms with Crippen LogP contribution in [0.25, 0.3) is 0 Å². The summed E-state index contributed by atoms with van der Waals surface area (Å²) in [5.74, 6) is 1.56. The third-order valence-corrected chi connectivity index (χ3v) is 5.33. The molecule has 3 rings (SSSR count). The minimum atomic E-state index is -0.673. The highest BCUT2D eigenvalue weighted by molar-refractivity contribution is 7.99. The first kappa shape index (κ1) is 17.7. The Labute approximate surface area is 154 Å². The zero-order chi connectivity index (χ0) is 17.5. The third kappa shape index (κ3) is 5.17. The van der Waals surface area contributed by atoms with Crippen molar-refractivity contribution in [1.29, 1.82) is 0 Å². The molecule has 0 spiro atoms. The molecular weight excluding hydrogens is 358 g/mol. The fourth-order valence-electron chi connectivity index (χ4n) is 2.49. The van der Waals surface area contributed by atoms with Crippen molar-refractivity contribution in [2.45, 2.75) is 12.5 Å². The summed E-state index contributed by atoms with van der Waals surface area (Å²) in [4.78, 5) is 26.9. The van der Waals surface area contributed by atoms with Gasteiger partial charge in [-0.15, -0.1) is 10.2 Å². The largest absolute Gasteiger partial charge is 0.326 e. The third-order valence-electron chi connectivity index (χ3n) is 3.79. The van der Waals surface area contributed by atoms with E-state index >= 15 is 0 Å². The van der Waals surface area contributed by atoms with Crippen LogP contribution in [0.4, 0.5) is 9.93 Å². The summed E-state index contributed by atoms with van der Waals surface area (Å²) in [5.41, 5.74) is 2.53. The van der Waals surface area contributed by atoms with Crippen molar-refractivity contribution in [3.8, 4) is 0 Å². The van der Waals surface area contributed by atoms with Gasteiger partial charge < -0.3 is 10.2 Å². The van der Waals surface area contributed by atoms with E-state index in [1.54, 1.807) is 10.4 Å². The first-order chi connectivity index (χ1) is 12.2. The number of thioether (sulfide) groups is 1. The number of hydrogen-bond acceptors (Lipinski definition) is 6.